The SMILES string of the molecule is CCC(=O)N(NC(=O)c1ccc(C)cc1)C1CC(=O)N(c2cc(C)cc(C)c2)C1=O. The van der Waals surface area contributed by atoms with Gasteiger partial charge in [0.15, 0.2) is 0 Å². The maximum absolute atomic E-state index is 13.1. The minimum absolute atomic E-state index is 0.0791. The summed E-state index contributed by atoms with van der Waals surface area (Å²) in [4.78, 5) is 52.1. The normalized spacial score (nSPS) is 16.0. The molecule has 0 aromatic heterocycles. The van der Waals surface area contributed by atoms with Crippen molar-refractivity contribution < 1.29 is 19.2 Å². The van der Waals surface area contributed by atoms with Gasteiger partial charge in [-0.3, -0.25) is 24.6 Å². The number of aryl methyl sites for hydroxylation is 3. The summed E-state index contributed by atoms with van der Waals surface area (Å²) in [6.45, 7) is 7.30. The van der Waals surface area contributed by atoms with E-state index in [0.717, 1.165) is 26.6 Å². The molecule has 0 radical (unpaired) electrons. The van der Waals surface area contributed by atoms with E-state index in [1.54, 1.807) is 43.3 Å². The first-order valence-electron chi connectivity index (χ1n) is 9.86. The highest BCUT2D eigenvalue weighted by Crippen LogP contribution is 2.27. The summed E-state index contributed by atoms with van der Waals surface area (Å²) >= 11 is 0. The topological polar surface area (TPSA) is 86.8 Å². The van der Waals surface area contributed by atoms with E-state index in [0.29, 0.717) is 11.3 Å². The molecule has 0 aliphatic carbocycles. The molecule has 1 saturated heterocycles. The minimum Gasteiger partial charge on any atom is -0.274 e. The predicted octanol–water partition coefficient (Wildman–Crippen LogP) is 2.83. The lowest BCUT2D eigenvalue weighted by Crippen LogP contribution is -2.54. The molecule has 1 unspecified atom stereocenters. The lowest BCUT2D eigenvalue weighted by Gasteiger charge is -2.27. The van der Waals surface area contributed by atoms with E-state index in [-0.39, 0.29) is 12.8 Å². The highest BCUT2D eigenvalue weighted by Gasteiger charge is 2.45. The van der Waals surface area contributed by atoms with Crippen LogP contribution in [0.1, 0.15) is 46.8 Å². The number of amides is 4. The number of benzene rings is 2. The molecule has 2 aromatic carbocycles. The highest BCUT2D eigenvalue weighted by atomic mass is 16.2. The van der Waals surface area contributed by atoms with Gasteiger partial charge in [0.25, 0.3) is 11.8 Å². The zero-order valence-corrected chi connectivity index (χ0v) is 17.6. The summed E-state index contributed by atoms with van der Waals surface area (Å²) < 4.78 is 0. The Morgan fingerprint density at radius 3 is 2.17 bits per heavy atom. The Kier molecular flexibility index (Phi) is 6.01. The number of nitrogens with one attached hydrogen (secondary N) is 1. The molecule has 7 nitrogen and oxygen atoms in total. The van der Waals surface area contributed by atoms with Crippen LogP contribution in [0.2, 0.25) is 0 Å². The summed E-state index contributed by atoms with van der Waals surface area (Å²) in [6.07, 6.45) is -0.110. The van der Waals surface area contributed by atoms with Crippen LogP contribution < -0.4 is 10.3 Å². The molecular formula is C23H25N3O4. The zero-order valence-electron chi connectivity index (χ0n) is 17.6. The lowest BCUT2D eigenvalue weighted by molar-refractivity contribution is -0.140. The molecule has 156 valence electrons. The molecule has 3 rings (SSSR count). The third-order valence-electron chi connectivity index (χ3n) is 5.01. The number of carbonyl (C=O) groups is 4. The lowest BCUT2D eigenvalue weighted by atomic mass is 10.1. The predicted molar refractivity (Wildman–Crippen MR) is 113 cm³/mol. The van der Waals surface area contributed by atoms with Crippen molar-refractivity contribution in [2.24, 2.45) is 0 Å². The maximum atomic E-state index is 13.1. The highest BCUT2D eigenvalue weighted by molar-refractivity contribution is 6.23. The molecule has 0 saturated carbocycles. The fourth-order valence-electron chi connectivity index (χ4n) is 3.53. The number of carbonyl (C=O) groups excluding carboxylic acids is 4. The second-order valence-electron chi connectivity index (χ2n) is 7.56. The first-order chi connectivity index (χ1) is 14.2. The van der Waals surface area contributed by atoms with E-state index in [1.807, 2.05) is 26.8 Å². The molecule has 1 fully saturated rings. The van der Waals surface area contributed by atoms with Crippen LogP contribution in [0.15, 0.2) is 42.5 Å². The van der Waals surface area contributed by atoms with Gasteiger partial charge in [-0.1, -0.05) is 30.7 Å². The third kappa shape index (κ3) is 4.25. The molecule has 1 N–H and O–H groups in total. The van der Waals surface area contributed by atoms with Gasteiger partial charge < -0.3 is 0 Å². The Morgan fingerprint density at radius 2 is 1.60 bits per heavy atom. The van der Waals surface area contributed by atoms with Crippen molar-refractivity contribution in [2.45, 2.75) is 46.6 Å². The standard InChI is InChI=1S/C23H25N3O4/c1-5-20(27)26(24-22(29)17-8-6-14(2)7-9-17)19-13-21(28)25(23(19)30)18-11-15(3)10-16(4)12-18/h6-12,19H,5,13H2,1-4H3,(H,24,29). The monoisotopic (exact) mass is 407 g/mol. The van der Waals surface area contributed by atoms with Crippen LogP contribution in [0, 0.1) is 20.8 Å². The van der Waals surface area contributed by atoms with Crippen LogP contribution in [0.25, 0.3) is 0 Å². The zero-order chi connectivity index (χ0) is 22.0. The molecule has 30 heavy (non-hydrogen) atoms. The molecule has 1 heterocycles. The van der Waals surface area contributed by atoms with Gasteiger partial charge in [0.1, 0.15) is 6.04 Å². The smallest absolute Gasteiger partial charge is 0.269 e. The van der Waals surface area contributed by atoms with Crippen molar-refractivity contribution in [2.75, 3.05) is 4.90 Å². The van der Waals surface area contributed by atoms with E-state index in [4.69, 9.17) is 0 Å². The number of nitrogens with zero attached hydrogens (tertiary/aromatic N) is 2. The van der Waals surface area contributed by atoms with Gasteiger partial charge in [-0.25, -0.2) is 9.91 Å². The van der Waals surface area contributed by atoms with E-state index in [1.165, 1.54) is 0 Å². The van der Waals surface area contributed by atoms with E-state index >= 15 is 0 Å². The van der Waals surface area contributed by atoms with Crippen molar-refractivity contribution in [1.82, 2.24) is 10.4 Å². The summed E-state index contributed by atoms with van der Waals surface area (Å²) in [7, 11) is 0. The molecule has 2 aromatic rings. The number of hydrazine groups is 1. The van der Waals surface area contributed by atoms with E-state index < -0.39 is 29.7 Å². The Morgan fingerprint density at radius 1 is 1.00 bits per heavy atom. The van der Waals surface area contributed by atoms with E-state index in [9.17, 15) is 19.2 Å². The molecule has 1 aliphatic heterocycles. The van der Waals surface area contributed by atoms with Crippen molar-refractivity contribution in [3.63, 3.8) is 0 Å². The van der Waals surface area contributed by atoms with Crippen LogP contribution in [0.5, 0.6) is 0 Å². The Bertz CT molecular complexity index is 993. The van der Waals surface area contributed by atoms with E-state index in [2.05, 4.69) is 5.43 Å². The van der Waals surface area contributed by atoms with Crippen LogP contribution >= 0.6 is 0 Å². The van der Waals surface area contributed by atoms with Gasteiger partial charge in [0, 0.05) is 12.0 Å². The van der Waals surface area contributed by atoms with Gasteiger partial charge in [0.05, 0.1) is 12.1 Å². The van der Waals surface area contributed by atoms with Crippen molar-refractivity contribution >= 4 is 29.3 Å². The van der Waals surface area contributed by atoms with Gasteiger partial charge in [-0.15, -0.1) is 0 Å². The largest absolute Gasteiger partial charge is 0.274 e. The molecular weight excluding hydrogens is 382 g/mol. The van der Waals surface area contributed by atoms with Crippen LogP contribution in [0.4, 0.5) is 5.69 Å². The van der Waals surface area contributed by atoms with Crippen molar-refractivity contribution in [1.29, 1.82) is 0 Å². The molecule has 0 bridgehead atoms. The quantitative estimate of drug-likeness (QED) is 0.624. The molecule has 4 amide bonds. The summed E-state index contributed by atoms with van der Waals surface area (Å²) in [6, 6.07) is 11.2. The summed E-state index contributed by atoms with van der Waals surface area (Å²) in [5.74, 6) is -1.89. The average molecular weight is 407 g/mol. The van der Waals surface area contributed by atoms with Gasteiger partial charge >= 0.3 is 0 Å². The fourth-order valence-corrected chi connectivity index (χ4v) is 3.53. The molecule has 1 aliphatic rings. The molecule has 0 spiro atoms. The van der Waals surface area contributed by atoms with Crippen molar-refractivity contribution in [3.05, 3.63) is 64.7 Å². The first-order valence-corrected chi connectivity index (χ1v) is 9.86. The Balaban J connectivity index is 1.88. The molecule has 1 atom stereocenters. The average Bonchev–Trinajstić information content (AvgIpc) is 2.99. The fraction of sp³-hybridized carbons (Fsp3) is 0.304. The number of rotatable bonds is 4. The summed E-state index contributed by atoms with van der Waals surface area (Å²) in [5.41, 5.74) is 6.20. The third-order valence-corrected chi connectivity index (χ3v) is 5.01. The maximum Gasteiger partial charge on any atom is 0.269 e. The van der Waals surface area contributed by atoms with Gasteiger partial charge in [0.2, 0.25) is 11.8 Å². The Labute approximate surface area is 175 Å². The minimum atomic E-state index is -1.08. The van der Waals surface area contributed by atoms with Crippen LogP contribution in [-0.2, 0) is 14.4 Å². The molecule has 7 heteroatoms. The van der Waals surface area contributed by atoms with Crippen LogP contribution in [0.3, 0.4) is 0 Å². The van der Waals surface area contributed by atoms with Gasteiger partial charge in [-0.05, 0) is 56.2 Å². The first kappa shape index (κ1) is 21.2. The summed E-state index contributed by atoms with van der Waals surface area (Å²) in [5, 5.41) is 1.01. The Hall–Kier alpha value is -3.48. The second-order valence-corrected chi connectivity index (χ2v) is 7.56. The number of imide groups is 1. The number of hydrogen-bond acceptors (Lipinski definition) is 4. The number of anilines is 1. The van der Waals surface area contributed by atoms with Gasteiger partial charge in [-0.2, -0.15) is 0 Å². The van der Waals surface area contributed by atoms with Crippen LogP contribution in [-0.4, -0.2) is 34.7 Å². The van der Waals surface area contributed by atoms with Crippen molar-refractivity contribution in [3.8, 4) is 0 Å². The second kappa shape index (κ2) is 8.49. The number of hydrogen-bond donors (Lipinski definition) is 1.